The van der Waals surface area contributed by atoms with Gasteiger partial charge in [-0.2, -0.15) is 0 Å². The Labute approximate surface area is 172 Å². The molecule has 2 aromatic carbocycles. The Kier molecular flexibility index (Phi) is 5.77. The van der Waals surface area contributed by atoms with E-state index in [1.54, 1.807) is 43.7 Å². The van der Waals surface area contributed by atoms with Crippen LogP contribution in [0.3, 0.4) is 0 Å². The van der Waals surface area contributed by atoms with Gasteiger partial charge in [-0.1, -0.05) is 23.2 Å². The molecule has 0 fully saturated rings. The Hall–Kier alpha value is -2.76. The number of carboxylic acids is 1. The molecule has 1 aromatic heterocycles. The smallest absolute Gasteiger partial charge is 0.337 e. The summed E-state index contributed by atoms with van der Waals surface area (Å²) in [6, 6.07) is 12.2. The molecule has 0 aliphatic rings. The van der Waals surface area contributed by atoms with Gasteiger partial charge in [0.25, 0.3) is 0 Å². The lowest BCUT2D eigenvalue weighted by molar-refractivity contribution is 0.0697. The van der Waals surface area contributed by atoms with Crippen molar-refractivity contribution in [2.75, 3.05) is 7.11 Å². The summed E-state index contributed by atoms with van der Waals surface area (Å²) in [5.41, 5.74) is 4.29. The van der Waals surface area contributed by atoms with Crippen LogP contribution in [0.2, 0.25) is 10.0 Å². The maximum absolute atomic E-state index is 11.4. The van der Waals surface area contributed by atoms with E-state index in [0.717, 1.165) is 22.6 Å². The number of carboxylic acid groups (broad SMARTS) is 1. The third-order valence-corrected chi connectivity index (χ3v) is 5.02. The van der Waals surface area contributed by atoms with Gasteiger partial charge < -0.3 is 14.4 Å². The van der Waals surface area contributed by atoms with E-state index in [2.05, 4.69) is 4.99 Å². The zero-order valence-electron chi connectivity index (χ0n) is 15.5. The van der Waals surface area contributed by atoms with Crippen LogP contribution in [0, 0.1) is 13.8 Å². The zero-order chi connectivity index (χ0) is 20.4. The Morgan fingerprint density at radius 3 is 2.50 bits per heavy atom. The second kappa shape index (κ2) is 8.09. The SMILES string of the molecule is COc1ccc(N=Cc2cc(C)n(-c3ccc(Cl)c(C(=O)O)c3)c2C)cc1Cl. The number of nitrogens with zero attached hydrogens (tertiary/aromatic N) is 2. The molecule has 0 saturated carbocycles. The second-order valence-corrected chi connectivity index (χ2v) is 7.02. The van der Waals surface area contributed by atoms with Crippen LogP contribution in [-0.2, 0) is 0 Å². The van der Waals surface area contributed by atoms with Crippen LogP contribution in [-0.4, -0.2) is 29.0 Å². The van der Waals surface area contributed by atoms with E-state index < -0.39 is 5.97 Å². The minimum absolute atomic E-state index is 0.0646. The van der Waals surface area contributed by atoms with Gasteiger partial charge in [0.2, 0.25) is 0 Å². The van der Waals surface area contributed by atoms with Crippen molar-refractivity contribution in [1.29, 1.82) is 0 Å². The van der Waals surface area contributed by atoms with Crippen molar-refractivity contribution in [2.45, 2.75) is 13.8 Å². The molecule has 7 heteroatoms. The van der Waals surface area contributed by atoms with Crippen molar-refractivity contribution in [3.8, 4) is 11.4 Å². The van der Waals surface area contributed by atoms with Crippen molar-refractivity contribution < 1.29 is 14.6 Å². The van der Waals surface area contributed by atoms with Crippen molar-refractivity contribution >= 4 is 41.1 Å². The summed E-state index contributed by atoms with van der Waals surface area (Å²) in [4.78, 5) is 15.9. The molecule has 0 saturated heterocycles. The van der Waals surface area contributed by atoms with Gasteiger partial charge in [-0.3, -0.25) is 4.99 Å². The number of rotatable bonds is 5. The minimum Gasteiger partial charge on any atom is -0.495 e. The first-order valence-electron chi connectivity index (χ1n) is 8.41. The number of hydrogen-bond acceptors (Lipinski definition) is 3. The molecule has 0 bridgehead atoms. The highest BCUT2D eigenvalue weighted by molar-refractivity contribution is 6.33. The lowest BCUT2D eigenvalue weighted by Crippen LogP contribution is -2.03. The molecule has 0 amide bonds. The van der Waals surface area contributed by atoms with Crippen molar-refractivity contribution in [3.63, 3.8) is 0 Å². The molecule has 144 valence electrons. The van der Waals surface area contributed by atoms with Gasteiger partial charge in [-0.15, -0.1) is 0 Å². The van der Waals surface area contributed by atoms with Gasteiger partial charge in [-0.25, -0.2) is 4.79 Å². The molecule has 5 nitrogen and oxygen atoms in total. The quantitative estimate of drug-likeness (QED) is 0.529. The number of ether oxygens (including phenoxy) is 1. The van der Waals surface area contributed by atoms with Crippen molar-refractivity contribution in [1.82, 2.24) is 4.57 Å². The van der Waals surface area contributed by atoms with Crippen LogP contribution in [0.4, 0.5) is 5.69 Å². The van der Waals surface area contributed by atoms with Gasteiger partial charge in [0, 0.05) is 28.9 Å². The fourth-order valence-corrected chi connectivity index (χ4v) is 3.46. The average Bonchev–Trinajstić information content (AvgIpc) is 2.94. The number of benzene rings is 2. The highest BCUT2D eigenvalue weighted by atomic mass is 35.5. The summed E-state index contributed by atoms with van der Waals surface area (Å²) < 4.78 is 7.11. The fourth-order valence-electron chi connectivity index (χ4n) is 3.01. The largest absolute Gasteiger partial charge is 0.495 e. The maximum Gasteiger partial charge on any atom is 0.337 e. The van der Waals surface area contributed by atoms with Crippen LogP contribution < -0.4 is 4.74 Å². The molecule has 0 unspecified atom stereocenters. The Bertz CT molecular complexity index is 1090. The van der Waals surface area contributed by atoms with E-state index in [4.69, 9.17) is 27.9 Å². The molecule has 1 N–H and O–H groups in total. The van der Waals surface area contributed by atoms with Crippen molar-refractivity contribution in [2.24, 2.45) is 4.99 Å². The molecule has 3 rings (SSSR count). The molecular weight excluding hydrogens is 399 g/mol. The maximum atomic E-state index is 11.4. The van der Waals surface area contributed by atoms with E-state index >= 15 is 0 Å². The lowest BCUT2D eigenvalue weighted by Gasteiger charge is -2.11. The van der Waals surface area contributed by atoms with Gasteiger partial charge in [-0.05, 0) is 56.3 Å². The summed E-state index contributed by atoms with van der Waals surface area (Å²) in [5, 5.41) is 10.0. The second-order valence-electron chi connectivity index (χ2n) is 6.21. The van der Waals surface area contributed by atoms with Crippen LogP contribution in [0.5, 0.6) is 5.75 Å². The number of halogens is 2. The summed E-state index contributed by atoms with van der Waals surface area (Å²) in [6.07, 6.45) is 1.75. The third-order valence-electron chi connectivity index (χ3n) is 4.40. The number of aromatic nitrogens is 1. The van der Waals surface area contributed by atoms with Gasteiger partial charge in [0.15, 0.2) is 0 Å². The molecule has 0 atom stereocenters. The first-order valence-corrected chi connectivity index (χ1v) is 9.17. The predicted molar refractivity (Wildman–Crippen MR) is 112 cm³/mol. The lowest BCUT2D eigenvalue weighted by atomic mass is 10.2. The monoisotopic (exact) mass is 416 g/mol. The van der Waals surface area contributed by atoms with E-state index in [-0.39, 0.29) is 10.6 Å². The van der Waals surface area contributed by atoms with Gasteiger partial charge in [0.05, 0.1) is 28.4 Å². The molecule has 0 radical (unpaired) electrons. The summed E-state index contributed by atoms with van der Waals surface area (Å²) in [6.45, 7) is 3.90. The molecule has 3 aromatic rings. The predicted octanol–water partition coefficient (Wildman–Crippen LogP) is 5.86. The number of hydrogen-bond donors (Lipinski definition) is 1. The normalized spacial score (nSPS) is 11.2. The minimum atomic E-state index is -1.06. The molecule has 1 heterocycles. The Balaban J connectivity index is 1.97. The van der Waals surface area contributed by atoms with Crippen LogP contribution in [0.15, 0.2) is 47.5 Å². The van der Waals surface area contributed by atoms with E-state index in [9.17, 15) is 9.90 Å². The first-order chi connectivity index (χ1) is 13.3. The molecular formula is C21H18Cl2N2O3. The number of aliphatic imine (C=N–C) groups is 1. The van der Waals surface area contributed by atoms with E-state index in [1.165, 1.54) is 0 Å². The first kappa shape index (κ1) is 20.0. The van der Waals surface area contributed by atoms with Crippen molar-refractivity contribution in [3.05, 3.63) is 75.0 Å². The number of aromatic carboxylic acids is 1. The topological polar surface area (TPSA) is 63.8 Å². The van der Waals surface area contributed by atoms with Crippen LogP contribution in [0.25, 0.3) is 5.69 Å². The number of methoxy groups -OCH3 is 1. The fraction of sp³-hybridized carbons (Fsp3) is 0.143. The van der Waals surface area contributed by atoms with Crippen LogP contribution in [0.1, 0.15) is 27.3 Å². The Morgan fingerprint density at radius 1 is 1.11 bits per heavy atom. The Morgan fingerprint density at radius 2 is 1.86 bits per heavy atom. The van der Waals surface area contributed by atoms with Crippen LogP contribution >= 0.6 is 23.2 Å². The highest BCUT2D eigenvalue weighted by Crippen LogP contribution is 2.29. The van der Waals surface area contributed by atoms with Gasteiger partial charge >= 0.3 is 5.97 Å². The molecule has 0 aliphatic carbocycles. The standard InChI is InChI=1S/C21H18Cl2N2O3/c1-12-8-14(11-24-15-4-7-20(28-3)19(23)9-15)13(2)25(12)16-5-6-18(22)17(10-16)21(26)27/h4-11H,1-3H3,(H,26,27). The summed E-state index contributed by atoms with van der Waals surface area (Å²) in [7, 11) is 1.56. The average molecular weight is 417 g/mol. The highest BCUT2D eigenvalue weighted by Gasteiger charge is 2.14. The number of aryl methyl sites for hydroxylation is 1. The van der Waals surface area contributed by atoms with E-state index in [1.807, 2.05) is 30.5 Å². The molecule has 0 aliphatic heterocycles. The number of carbonyl (C=O) groups is 1. The third kappa shape index (κ3) is 3.91. The van der Waals surface area contributed by atoms with Gasteiger partial charge in [0.1, 0.15) is 5.75 Å². The molecule has 0 spiro atoms. The summed E-state index contributed by atoms with van der Waals surface area (Å²) in [5.74, 6) is -0.469. The molecule has 28 heavy (non-hydrogen) atoms. The zero-order valence-corrected chi connectivity index (χ0v) is 17.0. The summed E-state index contributed by atoms with van der Waals surface area (Å²) >= 11 is 12.1. The van der Waals surface area contributed by atoms with E-state index in [0.29, 0.717) is 16.5 Å².